The first-order valence-corrected chi connectivity index (χ1v) is 11.2. The van der Waals surface area contributed by atoms with Crippen molar-refractivity contribution in [1.82, 2.24) is 4.98 Å². The van der Waals surface area contributed by atoms with E-state index in [9.17, 15) is 15.4 Å². The van der Waals surface area contributed by atoms with Crippen molar-refractivity contribution in [3.63, 3.8) is 0 Å². The highest BCUT2D eigenvalue weighted by Crippen LogP contribution is 2.35. The monoisotopic (exact) mass is 444 g/mol. The second-order valence-electron chi connectivity index (χ2n) is 7.84. The van der Waals surface area contributed by atoms with Gasteiger partial charge in [-0.1, -0.05) is 63.3 Å². The molecule has 0 atom stereocenters. The van der Waals surface area contributed by atoms with Gasteiger partial charge in [-0.2, -0.15) is 5.26 Å². The summed E-state index contributed by atoms with van der Waals surface area (Å²) >= 11 is 0. The van der Waals surface area contributed by atoms with Crippen LogP contribution in [0.2, 0.25) is 0 Å². The molecule has 0 amide bonds. The minimum atomic E-state index is -0.457. The van der Waals surface area contributed by atoms with E-state index in [1.807, 2.05) is 24.3 Å². The average molecular weight is 445 g/mol. The zero-order valence-electron chi connectivity index (χ0n) is 18.8. The number of nitriles is 1. The van der Waals surface area contributed by atoms with E-state index in [1.165, 1.54) is 31.7 Å². The molecular formula is C26H28N4O3. The summed E-state index contributed by atoms with van der Waals surface area (Å²) < 4.78 is 5.84. The molecule has 7 nitrogen and oxygen atoms in total. The molecule has 3 aromatic rings. The van der Waals surface area contributed by atoms with Crippen molar-refractivity contribution < 1.29 is 9.66 Å². The number of aromatic nitrogens is 1. The van der Waals surface area contributed by atoms with Crippen LogP contribution in [-0.2, 0) is 0 Å². The summed E-state index contributed by atoms with van der Waals surface area (Å²) in [6.07, 6.45) is 7.21. The number of benzene rings is 2. The molecule has 0 bridgehead atoms. The Kier molecular flexibility index (Phi) is 8.36. The van der Waals surface area contributed by atoms with Gasteiger partial charge in [-0.3, -0.25) is 10.1 Å². The van der Waals surface area contributed by atoms with E-state index < -0.39 is 4.92 Å². The Bertz CT molecular complexity index is 1140. The number of hydrogen-bond donors (Lipinski definition) is 1. The number of nitrogens with zero attached hydrogens (tertiary/aromatic N) is 3. The molecule has 0 aliphatic rings. The number of rotatable bonds is 11. The van der Waals surface area contributed by atoms with Gasteiger partial charge in [-0.05, 0) is 36.2 Å². The molecule has 2 aromatic carbocycles. The first-order valence-electron chi connectivity index (χ1n) is 11.2. The predicted molar refractivity (Wildman–Crippen MR) is 130 cm³/mol. The summed E-state index contributed by atoms with van der Waals surface area (Å²) in [6, 6.07) is 17.5. The van der Waals surface area contributed by atoms with Crippen LogP contribution in [0.4, 0.5) is 11.5 Å². The Labute approximate surface area is 194 Å². The van der Waals surface area contributed by atoms with Crippen LogP contribution in [0.5, 0.6) is 5.75 Å². The summed E-state index contributed by atoms with van der Waals surface area (Å²) in [5.74, 6) is 0.790. The van der Waals surface area contributed by atoms with Gasteiger partial charge in [0.25, 0.3) is 5.69 Å². The van der Waals surface area contributed by atoms with Gasteiger partial charge in [-0.15, -0.1) is 0 Å². The maximum absolute atomic E-state index is 11.4. The van der Waals surface area contributed by atoms with Crippen molar-refractivity contribution in [2.24, 2.45) is 0 Å². The molecular weight excluding hydrogens is 416 g/mol. The van der Waals surface area contributed by atoms with Gasteiger partial charge in [0.15, 0.2) is 0 Å². The van der Waals surface area contributed by atoms with Crippen molar-refractivity contribution in [1.29, 1.82) is 5.26 Å². The topological polar surface area (TPSA) is 115 Å². The molecule has 0 aliphatic carbocycles. The summed E-state index contributed by atoms with van der Waals surface area (Å²) in [6.45, 7) is 2.87. The maximum Gasteiger partial charge on any atom is 0.278 e. The standard InChI is InChI=1S/C26H28N4O3/c1-2-3-4-5-6-9-16-33-20-14-12-19(13-15-20)22-17-24(29-26(28)23(22)18-27)21-10-7-8-11-25(21)30(31)32/h7-8,10-15,17H,2-6,9,16H2,1H3,(H2,28,29). The number of anilines is 1. The third-order valence-electron chi connectivity index (χ3n) is 5.47. The second kappa shape index (κ2) is 11.6. The lowest BCUT2D eigenvalue weighted by Crippen LogP contribution is -2.01. The summed E-state index contributed by atoms with van der Waals surface area (Å²) in [4.78, 5) is 15.3. The molecule has 0 fully saturated rings. The number of nitro groups is 1. The fourth-order valence-corrected chi connectivity index (χ4v) is 3.70. The van der Waals surface area contributed by atoms with E-state index in [4.69, 9.17) is 10.5 Å². The van der Waals surface area contributed by atoms with Gasteiger partial charge in [0.2, 0.25) is 0 Å². The third-order valence-corrected chi connectivity index (χ3v) is 5.47. The molecule has 0 spiro atoms. The Morgan fingerprint density at radius 3 is 2.42 bits per heavy atom. The predicted octanol–water partition coefficient (Wildman–Crippen LogP) is 6.52. The molecule has 0 radical (unpaired) electrons. The van der Waals surface area contributed by atoms with Crippen LogP contribution in [0.25, 0.3) is 22.4 Å². The summed E-state index contributed by atoms with van der Waals surface area (Å²) in [5, 5.41) is 21.1. The quantitative estimate of drug-likeness (QED) is 0.204. The molecule has 33 heavy (non-hydrogen) atoms. The highest BCUT2D eigenvalue weighted by atomic mass is 16.6. The number of para-hydroxylation sites is 1. The fraction of sp³-hybridized carbons (Fsp3) is 0.308. The van der Waals surface area contributed by atoms with Crippen LogP contribution in [0.1, 0.15) is 51.0 Å². The Balaban J connectivity index is 1.80. The number of ether oxygens (including phenoxy) is 1. The number of unbranched alkanes of at least 4 members (excludes halogenated alkanes) is 5. The molecule has 0 unspecified atom stereocenters. The van der Waals surface area contributed by atoms with Crippen molar-refractivity contribution in [3.8, 4) is 34.2 Å². The molecule has 1 aromatic heterocycles. The first kappa shape index (κ1) is 23.7. The third kappa shape index (κ3) is 6.07. The zero-order chi connectivity index (χ0) is 23.6. The molecule has 2 N–H and O–H groups in total. The lowest BCUT2D eigenvalue weighted by Gasteiger charge is -2.11. The largest absolute Gasteiger partial charge is 0.494 e. The number of pyridine rings is 1. The molecule has 0 aliphatic heterocycles. The normalized spacial score (nSPS) is 10.5. The Hall–Kier alpha value is -3.92. The smallest absolute Gasteiger partial charge is 0.278 e. The molecule has 1 heterocycles. The lowest BCUT2D eigenvalue weighted by molar-refractivity contribution is -0.384. The van der Waals surface area contributed by atoms with Crippen LogP contribution in [0.3, 0.4) is 0 Å². The van der Waals surface area contributed by atoms with Gasteiger partial charge in [0, 0.05) is 11.6 Å². The highest BCUT2D eigenvalue weighted by molar-refractivity contribution is 5.82. The second-order valence-corrected chi connectivity index (χ2v) is 7.84. The molecule has 3 rings (SSSR count). The summed E-state index contributed by atoms with van der Waals surface area (Å²) in [5.41, 5.74) is 8.24. The average Bonchev–Trinajstić information content (AvgIpc) is 2.83. The molecule has 0 saturated heterocycles. The SMILES string of the molecule is CCCCCCCCOc1ccc(-c2cc(-c3ccccc3[N+](=O)[O-])nc(N)c2C#N)cc1. The number of hydrogen-bond acceptors (Lipinski definition) is 6. The fourth-order valence-electron chi connectivity index (χ4n) is 3.70. The number of nitro benzene ring substituents is 1. The van der Waals surface area contributed by atoms with Crippen LogP contribution in [0.15, 0.2) is 54.6 Å². The van der Waals surface area contributed by atoms with Crippen LogP contribution in [0, 0.1) is 21.4 Å². The van der Waals surface area contributed by atoms with Crippen molar-refractivity contribution in [2.45, 2.75) is 45.4 Å². The molecule has 7 heteroatoms. The Morgan fingerprint density at radius 1 is 1.03 bits per heavy atom. The van der Waals surface area contributed by atoms with Gasteiger partial charge >= 0.3 is 0 Å². The van der Waals surface area contributed by atoms with E-state index in [0.29, 0.717) is 23.4 Å². The van der Waals surface area contributed by atoms with E-state index in [0.717, 1.165) is 24.2 Å². The van der Waals surface area contributed by atoms with Crippen LogP contribution >= 0.6 is 0 Å². The minimum Gasteiger partial charge on any atom is -0.494 e. The Morgan fingerprint density at radius 2 is 1.73 bits per heavy atom. The van der Waals surface area contributed by atoms with Crippen molar-refractivity contribution >= 4 is 11.5 Å². The highest BCUT2D eigenvalue weighted by Gasteiger charge is 2.19. The van der Waals surface area contributed by atoms with E-state index in [2.05, 4.69) is 18.0 Å². The van der Waals surface area contributed by atoms with E-state index in [1.54, 1.807) is 24.3 Å². The van der Waals surface area contributed by atoms with Gasteiger partial charge in [0.1, 0.15) is 23.2 Å². The van der Waals surface area contributed by atoms with Crippen LogP contribution < -0.4 is 10.5 Å². The first-order chi connectivity index (χ1) is 16.0. The lowest BCUT2D eigenvalue weighted by atomic mass is 9.98. The maximum atomic E-state index is 11.4. The molecule has 0 saturated carbocycles. The zero-order valence-corrected chi connectivity index (χ0v) is 18.8. The van der Waals surface area contributed by atoms with E-state index in [-0.39, 0.29) is 17.1 Å². The number of nitrogens with two attached hydrogens (primary N) is 1. The van der Waals surface area contributed by atoms with Crippen molar-refractivity contribution in [2.75, 3.05) is 12.3 Å². The minimum absolute atomic E-state index is 0.0338. The number of nitrogen functional groups attached to an aromatic ring is 1. The van der Waals surface area contributed by atoms with Crippen LogP contribution in [-0.4, -0.2) is 16.5 Å². The van der Waals surface area contributed by atoms with E-state index >= 15 is 0 Å². The molecule has 170 valence electrons. The van der Waals surface area contributed by atoms with Crippen molar-refractivity contribution in [3.05, 3.63) is 70.3 Å². The van der Waals surface area contributed by atoms with Gasteiger partial charge in [0.05, 0.1) is 22.8 Å². The van der Waals surface area contributed by atoms with Gasteiger partial charge < -0.3 is 10.5 Å². The summed E-state index contributed by atoms with van der Waals surface area (Å²) in [7, 11) is 0. The van der Waals surface area contributed by atoms with Gasteiger partial charge in [-0.25, -0.2) is 4.98 Å².